The quantitative estimate of drug-likeness (QED) is 0.307. The summed E-state index contributed by atoms with van der Waals surface area (Å²) in [5.41, 5.74) is -1.01. The van der Waals surface area contributed by atoms with Crippen LogP contribution in [0.5, 0.6) is 0 Å². The third kappa shape index (κ3) is 5.75. The topological polar surface area (TPSA) is 83.8 Å². The van der Waals surface area contributed by atoms with E-state index in [2.05, 4.69) is 20.8 Å². The average molecular weight is 629 g/mol. The molecule has 5 fully saturated rings. The van der Waals surface area contributed by atoms with Gasteiger partial charge in [-0.15, -0.1) is 0 Å². The molecule has 5 aliphatic rings. The zero-order chi connectivity index (χ0) is 31.5. The van der Waals surface area contributed by atoms with Crippen LogP contribution >= 0.6 is 0 Å². The minimum atomic E-state index is -3.63. The van der Waals surface area contributed by atoms with Gasteiger partial charge in [0.05, 0.1) is 21.3 Å². The first kappa shape index (κ1) is 33.0. The van der Waals surface area contributed by atoms with Crippen molar-refractivity contribution in [3.8, 4) is 0 Å². The lowest BCUT2D eigenvalue weighted by Crippen LogP contribution is -2.56. The van der Waals surface area contributed by atoms with Crippen LogP contribution in [0.1, 0.15) is 118 Å². The Morgan fingerprint density at radius 2 is 1.52 bits per heavy atom. The number of methoxy groups -OCH3 is 1. The molecule has 10 atom stereocenters. The van der Waals surface area contributed by atoms with Crippen molar-refractivity contribution in [2.45, 2.75) is 139 Å². The number of hydrogen-bond donors (Lipinski definition) is 2. The van der Waals surface area contributed by atoms with Gasteiger partial charge < -0.3 is 14.9 Å². The van der Waals surface area contributed by atoms with E-state index in [0.717, 1.165) is 44.4 Å². The van der Waals surface area contributed by atoms with Gasteiger partial charge >= 0.3 is 0 Å². The highest BCUT2D eigenvalue weighted by atomic mass is 32.2. The first-order chi connectivity index (χ1) is 20.7. The van der Waals surface area contributed by atoms with Crippen molar-refractivity contribution in [3.05, 3.63) is 30.3 Å². The molecule has 6 rings (SSSR count). The molecule has 1 unspecified atom stereocenters. The molecule has 0 radical (unpaired) electrons. The predicted molar refractivity (Wildman–Crippen MR) is 176 cm³/mol. The Morgan fingerprint density at radius 3 is 2.20 bits per heavy atom. The van der Waals surface area contributed by atoms with Crippen molar-refractivity contribution in [2.24, 2.45) is 52.3 Å². The van der Waals surface area contributed by atoms with Crippen LogP contribution in [0, 0.1) is 52.3 Å². The number of benzene rings is 1. The van der Waals surface area contributed by atoms with Crippen LogP contribution in [0.3, 0.4) is 0 Å². The van der Waals surface area contributed by atoms with Crippen LogP contribution in [0.4, 0.5) is 0 Å². The molecule has 0 heterocycles. The van der Waals surface area contributed by atoms with Crippen molar-refractivity contribution in [1.82, 2.24) is 0 Å². The van der Waals surface area contributed by atoms with Crippen molar-refractivity contribution in [2.75, 3.05) is 13.7 Å². The van der Waals surface area contributed by atoms with Gasteiger partial charge in [-0.2, -0.15) is 0 Å². The lowest BCUT2D eigenvalue weighted by Gasteiger charge is -2.62. The molecule has 5 aliphatic carbocycles. The second-order valence-corrected chi connectivity index (χ2v) is 19.3. The van der Waals surface area contributed by atoms with Gasteiger partial charge in [0, 0.05) is 13.7 Å². The fraction of sp³-hybridized carbons (Fsp3) is 0.842. The number of ether oxygens (including phenoxy) is 1. The van der Waals surface area contributed by atoms with Crippen molar-refractivity contribution in [3.63, 3.8) is 0 Å². The summed E-state index contributed by atoms with van der Waals surface area (Å²) in [6.45, 7) is 10.0. The van der Waals surface area contributed by atoms with E-state index in [-0.39, 0.29) is 11.3 Å². The van der Waals surface area contributed by atoms with Crippen LogP contribution in [0.25, 0.3) is 0 Å². The molecule has 0 bridgehead atoms. The average Bonchev–Trinajstić information content (AvgIpc) is 3.35. The van der Waals surface area contributed by atoms with E-state index in [1.165, 1.54) is 32.1 Å². The van der Waals surface area contributed by atoms with Crippen molar-refractivity contribution < 1.29 is 23.4 Å². The number of aliphatic hydroxyl groups is 2. The SMILES string of the molecule is COCC1CCC(O)(CC([C@@H](C)[C@H]2CC[C@H]3[C@@H]4CC[C@H]5C[C@@](C)(O)CC[C@]5(C)[C@H]4CC[C@]23C)S(=O)(=O)c2ccccc2)CC1. The normalized spacial score (nSPS) is 45.5. The largest absolute Gasteiger partial charge is 0.390 e. The monoisotopic (exact) mass is 628 g/mol. The Bertz CT molecular complexity index is 1250. The summed E-state index contributed by atoms with van der Waals surface area (Å²) in [7, 11) is -1.90. The maximum atomic E-state index is 14.5. The summed E-state index contributed by atoms with van der Waals surface area (Å²) >= 11 is 0. The highest BCUT2D eigenvalue weighted by Crippen LogP contribution is 2.69. The summed E-state index contributed by atoms with van der Waals surface area (Å²) < 4.78 is 34.4. The van der Waals surface area contributed by atoms with E-state index in [9.17, 15) is 18.6 Å². The van der Waals surface area contributed by atoms with Gasteiger partial charge in [0.1, 0.15) is 0 Å². The van der Waals surface area contributed by atoms with E-state index in [1.807, 2.05) is 25.1 Å². The minimum absolute atomic E-state index is 0.0239. The molecule has 1 aromatic carbocycles. The van der Waals surface area contributed by atoms with Gasteiger partial charge in [0.15, 0.2) is 9.84 Å². The van der Waals surface area contributed by atoms with Gasteiger partial charge in [-0.1, -0.05) is 39.0 Å². The predicted octanol–water partition coefficient (Wildman–Crippen LogP) is 7.83. The highest BCUT2D eigenvalue weighted by Gasteiger charge is 2.62. The Balaban J connectivity index is 1.26. The second-order valence-electron chi connectivity index (χ2n) is 17.2. The first-order valence-electron chi connectivity index (χ1n) is 18.0. The fourth-order valence-electron chi connectivity index (χ4n) is 12.2. The molecule has 0 aromatic heterocycles. The molecule has 0 spiro atoms. The Labute approximate surface area is 267 Å². The smallest absolute Gasteiger partial charge is 0.181 e. The summed E-state index contributed by atoms with van der Waals surface area (Å²) in [5.74, 6) is 3.44. The number of sulfone groups is 1. The Morgan fingerprint density at radius 1 is 0.841 bits per heavy atom. The van der Waals surface area contributed by atoms with Crippen LogP contribution in [0.15, 0.2) is 35.2 Å². The molecule has 2 N–H and O–H groups in total. The second kappa shape index (κ2) is 11.9. The summed E-state index contributed by atoms with van der Waals surface area (Å²) in [6.07, 6.45) is 13.6. The number of rotatable bonds is 8. The van der Waals surface area contributed by atoms with E-state index in [4.69, 9.17) is 4.74 Å². The molecule has 1 aromatic rings. The van der Waals surface area contributed by atoms with Crippen molar-refractivity contribution >= 4 is 9.84 Å². The molecular weight excluding hydrogens is 568 g/mol. The fourth-order valence-corrected chi connectivity index (χ4v) is 14.3. The van der Waals surface area contributed by atoms with E-state index in [0.29, 0.717) is 65.8 Å². The molecule has 0 aliphatic heterocycles. The maximum Gasteiger partial charge on any atom is 0.181 e. The van der Waals surface area contributed by atoms with E-state index < -0.39 is 26.3 Å². The lowest BCUT2D eigenvalue weighted by atomic mass is 9.43. The van der Waals surface area contributed by atoms with Gasteiger partial charge in [-0.25, -0.2) is 8.42 Å². The van der Waals surface area contributed by atoms with Gasteiger partial charge in [-0.3, -0.25) is 0 Å². The minimum Gasteiger partial charge on any atom is -0.390 e. The number of hydrogen-bond acceptors (Lipinski definition) is 5. The molecule has 5 saturated carbocycles. The summed E-state index contributed by atoms with van der Waals surface area (Å²) in [5, 5.41) is 22.2. The van der Waals surface area contributed by atoms with E-state index >= 15 is 0 Å². The number of fused-ring (bicyclic) bond motifs is 5. The maximum absolute atomic E-state index is 14.5. The lowest BCUT2D eigenvalue weighted by molar-refractivity contribution is -0.148. The third-order valence-corrected chi connectivity index (χ3v) is 17.1. The van der Waals surface area contributed by atoms with Crippen LogP contribution in [0.2, 0.25) is 0 Å². The van der Waals surface area contributed by atoms with Crippen LogP contribution < -0.4 is 0 Å². The van der Waals surface area contributed by atoms with Gasteiger partial charge in [0.2, 0.25) is 0 Å². The summed E-state index contributed by atoms with van der Waals surface area (Å²) in [6, 6.07) is 9.04. The van der Waals surface area contributed by atoms with E-state index in [1.54, 1.807) is 19.2 Å². The molecule has 5 nitrogen and oxygen atoms in total. The standard InChI is InChI=1S/C38H60O5S/c1-26(34(44(41,42)29-9-7-6-8-10-29)24-38(40)19-15-27(16-20-38)25-43-5)31-13-14-32-30-12-11-28-23-35(2,39)21-22-36(28,3)33(30)17-18-37(31,32)4/h6-10,26-28,30-34,39-40H,11-25H2,1-5H3/t26-,27?,28-,30-,31+,32-,33-,34?,35-,36-,37+,38?/m0/s1. The van der Waals surface area contributed by atoms with Gasteiger partial charge in [-0.05, 0) is 161 Å². The van der Waals surface area contributed by atoms with Crippen LogP contribution in [-0.2, 0) is 14.6 Å². The molecular formula is C38H60O5S. The Kier molecular flexibility index (Phi) is 8.94. The van der Waals surface area contributed by atoms with Gasteiger partial charge in [0.25, 0.3) is 0 Å². The zero-order valence-electron chi connectivity index (χ0n) is 28.1. The summed E-state index contributed by atoms with van der Waals surface area (Å²) in [4.78, 5) is 0.399. The molecule has 0 saturated heterocycles. The Hall–Kier alpha value is -0.950. The zero-order valence-corrected chi connectivity index (χ0v) is 29.0. The molecule has 0 amide bonds. The molecule has 6 heteroatoms. The first-order valence-corrected chi connectivity index (χ1v) is 19.5. The van der Waals surface area contributed by atoms with Crippen LogP contribution in [-0.4, -0.2) is 48.8 Å². The van der Waals surface area contributed by atoms with Crippen molar-refractivity contribution in [1.29, 1.82) is 0 Å². The highest BCUT2D eigenvalue weighted by molar-refractivity contribution is 7.92. The third-order valence-electron chi connectivity index (χ3n) is 14.7. The molecule has 44 heavy (non-hydrogen) atoms. The molecule has 248 valence electrons.